The summed E-state index contributed by atoms with van der Waals surface area (Å²) in [7, 11) is 0. The van der Waals surface area contributed by atoms with Gasteiger partial charge < -0.3 is 4.90 Å². The molecule has 0 unspecified atom stereocenters. The Hall–Kier alpha value is -2.26. The maximum absolute atomic E-state index is 8.89. The van der Waals surface area contributed by atoms with Gasteiger partial charge in [-0.05, 0) is 43.0 Å². The molecule has 1 heterocycles. The molecule has 0 amide bonds. The molecule has 0 N–H and O–H groups in total. The van der Waals surface area contributed by atoms with Gasteiger partial charge in [-0.15, -0.1) is 0 Å². The lowest BCUT2D eigenvalue weighted by atomic mass is 10.1. The van der Waals surface area contributed by atoms with E-state index in [1.807, 2.05) is 12.1 Å². The quantitative estimate of drug-likeness (QED) is 0.706. The first-order valence-electron chi connectivity index (χ1n) is 6.00. The monoisotopic (exact) mass is 237 g/mol. The molecule has 1 saturated heterocycles. The zero-order valence-electron chi connectivity index (χ0n) is 10.7. The van der Waals surface area contributed by atoms with Crippen molar-refractivity contribution in [2.24, 2.45) is 0 Å². The summed E-state index contributed by atoms with van der Waals surface area (Å²) in [4.78, 5) is 2.24. The second-order valence-electron chi connectivity index (χ2n) is 4.66. The van der Waals surface area contributed by atoms with Crippen LogP contribution in [0.25, 0.3) is 0 Å². The molecule has 0 atom stereocenters. The number of rotatable bonds is 1. The standard InChI is InChI=1S/C15H15N3/c1-11-3-4-12(2)15(7-11)18-6-5-13(10-18)14(8-16)9-17/h3-4,7H,5-6,10H2,1-2H3. The highest BCUT2D eigenvalue weighted by molar-refractivity contribution is 5.58. The van der Waals surface area contributed by atoms with Crippen LogP contribution in [0.15, 0.2) is 29.3 Å². The lowest BCUT2D eigenvalue weighted by Crippen LogP contribution is -2.19. The highest BCUT2D eigenvalue weighted by atomic mass is 15.1. The van der Waals surface area contributed by atoms with Crippen LogP contribution in [-0.4, -0.2) is 13.1 Å². The van der Waals surface area contributed by atoms with Gasteiger partial charge in [0.2, 0.25) is 0 Å². The van der Waals surface area contributed by atoms with Crippen molar-refractivity contribution in [2.75, 3.05) is 18.0 Å². The fourth-order valence-corrected chi connectivity index (χ4v) is 2.31. The molecule has 18 heavy (non-hydrogen) atoms. The molecule has 1 aromatic carbocycles. The van der Waals surface area contributed by atoms with Crippen LogP contribution in [0, 0.1) is 36.5 Å². The summed E-state index contributed by atoms with van der Waals surface area (Å²) in [5.41, 5.74) is 4.91. The van der Waals surface area contributed by atoms with Crippen molar-refractivity contribution in [1.29, 1.82) is 10.5 Å². The zero-order chi connectivity index (χ0) is 13.1. The number of aryl methyl sites for hydroxylation is 2. The molecule has 0 bridgehead atoms. The second-order valence-corrected chi connectivity index (χ2v) is 4.66. The van der Waals surface area contributed by atoms with Crippen LogP contribution < -0.4 is 4.90 Å². The van der Waals surface area contributed by atoms with Gasteiger partial charge in [-0.3, -0.25) is 0 Å². The molecule has 0 saturated carbocycles. The molecule has 1 aliphatic heterocycles. The molecule has 1 aromatic rings. The van der Waals surface area contributed by atoms with Crippen LogP contribution in [0.5, 0.6) is 0 Å². The van der Waals surface area contributed by atoms with E-state index in [0.29, 0.717) is 6.54 Å². The van der Waals surface area contributed by atoms with Crippen LogP contribution in [0.2, 0.25) is 0 Å². The number of hydrogen-bond acceptors (Lipinski definition) is 3. The predicted octanol–water partition coefficient (Wildman–Crippen LogP) is 2.86. The molecular weight excluding hydrogens is 222 g/mol. The maximum Gasteiger partial charge on any atom is 0.130 e. The van der Waals surface area contributed by atoms with E-state index >= 15 is 0 Å². The smallest absolute Gasteiger partial charge is 0.130 e. The van der Waals surface area contributed by atoms with Crippen LogP contribution in [0.4, 0.5) is 5.69 Å². The predicted molar refractivity (Wildman–Crippen MR) is 71.0 cm³/mol. The summed E-state index contributed by atoms with van der Waals surface area (Å²) in [5.74, 6) is 0. The molecule has 3 nitrogen and oxygen atoms in total. The van der Waals surface area contributed by atoms with Gasteiger partial charge in [0.05, 0.1) is 0 Å². The van der Waals surface area contributed by atoms with Gasteiger partial charge in [-0.1, -0.05) is 12.1 Å². The Bertz CT molecular complexity index is 569. The van der Waals surface area contributed by atoms with E-state index in [4.69, 9.17) is 10.5 Å². The molecule has 90 valence electrons. The Morgan fingerprint density at radius 1 is 1.22 bits per heavy atom. The van der Waals surface area contributed by atoms with Crippen molar-refractivity contribution >= 4 is 5.69 Å². The topological polar surface area (TPSA) is 50.8 Å². The van der Waals surface area contributed by atoms with Crippen molar-refractivity contribution in [2.45, 2.75) is 20.3 Å². The fourth-order valence-electron chi connectivity index (χ4n) is 2.31. The van der Waals surface area contributed by atoms with E-state index in [9.17, 15) is 0 Å². The second kappa shape index (κ2) is 4.94. The third-order valence-electron chi connectivity index (χ3n) is 3.35. The third-order valence-corrected chi connectivity index (χ3v) is 3.35. The fraction of sp³-hybridized carbons (Fsp3) is 0.333. The van der Waals surface area contributed by atoms with Crippen molar-refractivity contribution in [3.63, 3.8) is 0 Å². The normalized spacial score (nSPS) is 14.2. The summed E-state index contributed by atoms with van der Waals surface area (Å²) in [6.45, 7) is 5.74. The lowest BCUT2D eigenvalue weighted by Gasteiger charge is -2.20. The molecule has 0 aromatic heterocycles. The zero-order valence-corrected chi connectivity index (χ0v) is 10.7. The van der Waals surface area contributed by atoms with Crippen molar-refractivity contribution in [3.8, 4) is 12.1 Å². The summed E-state index contributed by atoms with van der Waals surface area (Å²) < 4.78 is 0. The third kappa shape index (κ3) is 2.21. The van der Waals surface area contributed by atoms with Crippen molar-refractivity contribution in [1.82, 2.24) is 0 Å². The first-order chi connectivity index (χ1) is 8.65. The number of anilines is 1. The molecule has 0 radical (unpaired) electrons. The van der Waals surface area contributed by atoms with E-state index in [2.05, 4.69) is 36.9 Å². The molecule has 0 spiro atoms. The number of allylic oxidation sites excluding steroid dienone is 1. The van der Waals surface area contributed by atoms with E-state index < -0.39 is 0 Å². The molecule has 1 fully saturated rings. The van der Waals surface area contributed by atoms with Gasteiger partial charge in [0, 0.05) is 18.8 Å². The minimum atomic E-state index is 0.280. The first kappa shape index (κ1) is 12.2. The van der Waals surface area contributed by atoms with Crippen LogP contribution in [0.3, 0.4) is 0 Å². The van der Waals surface area contributed by atoms with Crippen molar-refractivity contribution in [3.05, 3.63) is 40.5 Å². The van der Waals surface area contributed by atoms with Gasteiger partial charge in [0.1, 0.15) is 17.7 Å². The summed E-state index contributed by atoms with van der Waals surface area (Å²) in [5, 5.41) is 17.8. The number of benzene rings is 1. The Morgan fingerprint density at radius 2 is 1.94 bits per heavy atom. The van der Waals surface area contributed by atoms with Crippen LogP contribution in [0.1, 0.15) is 17.5 Å². The molecule has 3 heteroatoms. The molecule has 2 rings (SSSR count). The largest absolute Gasteiger partial charge is 0.367 e. The maximum atomic E-state index is 8.89. The molecule has 1 aliphatic rings. The van der Waals surface area contributed by atoms with Gasteiger partial charge >= 0.3 is 0 Å². The Kier molecular flexibility index (Phi) is 3.35. The first-order valence-corrected chi connectivity index (χ1v) is 6.00. The Balaban J connectivity index is 2.30. The van der Waals surface area contributed by atoms with Crippen LogP contribution in [-0.2, 0) is 0 Å². The molecule has 0 aliphatic carbocycles. The van der Waals surface area contributed by atoms with Gasteiger partial charge in [0.25, 0.3) is 0 Å². The van der Waals surface area contributed by atoms with Gasteiger partial charge in [-0.25, -0.2) is 0 Å². The SMILES string of the molecule is Cc1ccc(C)c(N2CCC(=C(C#N)C#N)C2)c1. The minimum absolute atomic E-state index is 0.280. The highest BCUT2D eigenvalue weighted by Crippen LogP contribution is 2.28. The minimum Gasteiger partial charge on any atom is -0.367 e. The van der Waals surface area contributed by atoms with Crippen molar-refractivity contribution < 1.29 is 0 Å². The number of hydrogen-bond donors (Lipinski definition) is 0. The summed E-state index contributed by atoms with van der Waals surface area (Å²) >= 11 is 0. The Morgan fingerprint density at radius 3 is 2.61 bits per heavy atom. The van der Waals surface area contributed by atoms with Gasteiger partial charge in [-0.2, -0.15) is 10.5 Å². The number of nitriles is 2. The van der Waals surface area contributed by atoms with E-state index in [-0.39, 0.29) is 5.57 Å². The van der Waals surface area contributed by atoms with E-state index in [1.54, 1.807) is 0 Å². The molecular formula is C15H15N3. The lowest BCUT2D eigenvalue weighted by molar-refractivity contribution is 0.959. The van der Waals surface area contributed by atoms with Gasteiger partial charge in [0.15, 0.2) is 0 Å². The summed E-state index contributed by atoms with van der Waals surface area (Å²) in [6.07, 6.45) is 0.809. The van der Waals surface area contributed by atoms with E-state index in [0.717, 1.165) is 18.5 Å². The average molecular weight is 237 g/mol. The average Bonchev–Trinajstić information content (AvgIpc) is 2.83. The summed E-state index contributed by atoms with van der Waals surface area (Å²) in [6, 6.07) is 10.3. The Labute approximate surface area is 108 Å². The van der Waals surface area contributed by atoms with E-state index in [1.165, 1.54) is 16.8 Å². The van der Waals surface area contributed by atoms with Crippen LogP contribution >= 0.6 is 0 Å². The number of nitrogens with zero attached hydrogens (tertiary/aromatic N) is 3. The highest BCUT2D eigenvalue weighted by Gasteiger charge is 2.21.